The number of phenolic OH excluding ortho intramolecular Hbond substituents is 1. The number of alkyl halides is 2. The number of aromatic hydroxyl groups is 1. The number of phenols is 1. The third-order valence-corrected chi connectivity index (χ3v) is 6.90. The van der Waals surface area contributed by atoms with Crippen molar-refractivity contribution >= 4 is 5.91 Å². The van der Waals surface area contributed by atoms with Crippen LogP contribution in [0.5, 0.6) is 17.2 Å². The number of rotatable bonds is 7. The Morgan fingerprint density at radius 3 is 2.53 bits per heavy atom. The molecule has 0 spiro atoms. The number of amides is 1. The number of benzene rings is 2. The second-order valence-corrected chi connectivity index (χ2v) is 9.68. The van der Waals surface area contributed by atoms with Crippen LogP contribution in [-0.4, -0.2) is 53.7 Å². The molecule has 182 valence electrons. The Labute approximate surface area is 198 Å². The minimum atomic E-state index is -2.77. The maximum absolute atomic E-state index is 13.4. The second kappa shape index (κ2) is 9.41. The van der Waals surface area contributed by atoms with Crippen molar-refractivity contribution in [1.29, 1.82) is 0 Å². The number of hydrogen-bond acceptors (Lipinski definition) is 5. The average Bonchev–Trinajstić information content (AvgIpc) is 3.55. The van der Waals surface area contributed by atoms with E-state index in [0.717, 1.165) is 61.7 Å². The third kappa shape index (κ3) is 4.97. The number of fused-ring (bicyclic) bond motifs is 1. The van der Waals surface area contributed by atoms with Gasteiger partial charge in [-0.25, -0.2) is 8.78 Å². The largest absolute Gasteiger partial charge is 0.507 e. The first-order chi connectivity index (χ1) is 16.4. The van der Waals surface area contributed by atoms with Gasteiger partial charge < -0.3 is 24.4 Å². The van der Waals surface area contributed by atoms with E-state index >= 15 is 0 Å². The predicted molar refractivity (Wildman–Crippen MR) is 122 cm³/mol. The van der Waals surface area contributed by atoms with E-state index in [4.69, 9.17) is 9.47 Å². The molecule has 1 aliphatic carbocycles. The van der Waals surface area contributed by atoms with Gasteiger partial charge in [0, 0.05) is 31.7 Å². The molecule has 6 nitrogen and oxygen atoms in total. The molecular formula is C26H30F2N2O4. The number of piperidine rings is 1. The van der Waals surface area contributed by atoms with Crippen molar-refractivity contribution in [3.8, 4) is 17.2 Å². The first-order valence-electron chi connectivity index (χ1n) is 11.9. The lowest BCUT2D eigenvalue weighted by Crippen LogP contribution is -2.35. The number of carbonyl (C=O) groups excluding carboxylic acids is 1. The Bertz CT molecular complexity index is 1070. The molecule has 8 heteroatoms. The van der Waals surface area contributed by atoms with Crippen LogP contribution in [0.25, 0.3) is 0 Å². The molecule has 1 N–H and O–H groups in total. The predicted octanol–water partition coefficient (Wildman–Crippen LogP) is 4.75. The normalized spacial score (nSPS) is 18.9. The van der Waals surface area contributed by atoms with Crippen LogP contribution in [0.2, 0.25) is 0 Å². The number of nitrogens with zero attached hydrogens (tertiary/aromatic N) is 2. The molecule has 2 fully saturated rings. The molecule has 1 amide bonds. The van der Waals surface area contributed by atoms with Crippen LogP contribution in [-0.2, 0) is 13.1 Å². The molecule has 5 rings (SSSR count). The van der Waals surface area contributed by atoms with Gasteiger partial charge in [-0.1, -0.05) is 6.07 Å². The summed E-state index contributed by atoms with van der Waals surface area (Å²) in [5.74, 6) is 0.280. The molecule has 3 aliphatic rings. The van der Waals surface area contributed by atoms with E-state index in [-0.39, 0.29) is 23.0 Å². The highest BCUT2D eigenvalue weighted by molar-refractivity contribution is 6.00. The maximum atomic E-state index is 13.4. The lowest BCUT2D eigenvalue weighted by Gasteiger charge is -2.29. The van der Waals surface area contributed by atoms with E-state index in [2.05, 4.69) is 11.9 Å². The van der Waals surface area contributed by atoms with Crippen molar-refractivity contribution < 1.29 is 28.2 Å². The smallest absolute Gasteiger partial charge is 0.264 e. The zero-order chi connectivity index (χ0) is 23.8. The number of ether oxygens (including phenoxy) is 2. The van der Waals surface area contributed by atoms with Gasteiger partial charge in [0.25, 0.3) is 12.3 Å². The Morgan fingerprint density at radius 1 is 1.09 bits per heavy atom. The molecule has 0 unspecified atom stereocenters. The second-order valence-electron chi connectivity index (χ2n) is 9.68. The van der Waals surface area contributed by atoms with Crippen LogP contribution in [0.1, 0.15) is 59.2 Å². The Morgan fingerprint density at radius 2 is 1.82 bits per heavy atom. The third-order valence-electron chi connectivity index (χ3n) is 6.90. The number of likely N-dealkylation sites (tertiary alicyclic amines) is 1. The topological polar surface area (TPSA) is 62.2 Å². The zero-order valence-corrected chi connectivity index (χ0v) is 19.3. The summed E-state index contributed by atoms with van der Waals surface area (Å²) in [7, 11) is 2.11. The van der Waals surface area contributed by atoms with Crippen LogP contribution in [0, 0.1) is 5.92 Å². The van der Waals surface area contributed by atoms with Gasteiger partial charge in [-0.15, -0.1) is 0 Å². The summed E-state index contributed by atoms with van der Waals surface area (Å²) in [5, 5.41) is 10.5. The Hall–Kier alpha value is -2.87. The summed E-state index contributed by atoms with van der Waals surface area (Å²) in [4.78, 5) is 17.3. The van der Waals surface area contributed by atoms with Gasteiger partial charge in [0.15, 0.2) is 0 Å². The fourth-order valence-corrected chi connectivity index (χ4v) is 4.61. The highest BCUT2D eigenvalue weighted by Gasteiger charge is 2.31. The van der Waals surface area contributed by atoms with Crippen molar-refractivity contribution in [2.45, 2.75) is 51.3 Å². The average molecular weight is 473 g/mol. The SMILES string of the molecule is CN1CCC(Oc2ccc3c(c2)CN(C(=O)c2c(O)cc(C(F)F)cc2OCC2CC2)C3)CC1. The molecule has 0 atom stereocenters. The molecule has 2 heterocycles. The summed E-state index contributed by atoms with van der Waals surface area (Å²) < 4.78 is 38.5. The molecule has 0 radical (unpaired) electrons. The van der Waals surface area contributed by atoms with E-state index in [9.17, 15) is 18.7 Å². The van der Waals surface area contributed by atoms with Gasteiger partial charge in [-0.05, 0) is 74.0 Å². The van der Waals surface area contributed by atoms with Crippen LogP contribution in [0.15, 0.2) is 30.3 Å². The van der Waals surface area contributed by atoms with E-state index in [1.165, 1.54) is 6.07 Å². The Balaban J connectivity index is 1.32. The van der Waals surface area contributed by atoms with Gasteiger partial charge in [-0.2, -0.15) is 0 Å². The monoisotopic (exact) mass is 472 g/mol. The molecule has 0 aromatic heterocycles. The van der Waals surface area contributed by atoms with E-state index in [0.29, 0.717) is 25.6 Å². The lowest BCUT2D eigenvalue weighted by atomic mass is 10.1. The highest BCUT2D eigenvalue weighted by atomic mass is 19.3. The quantitative estimate of drug-likeness (QED) is 0.630. The van der Waals surface area contributed by atoms with Crippen molar-refractivity contribution in [2.75, 3.05) is 26.7 Å². The molecule has 2 aromatic carbocycles. The molecule has 1 saturated heterocycles. The van der Waals surface area contributed by atoms with Crippen molar-refractivity contribution in [1.82, 2.24) is 9.80 Å². The summed E-state index contributed by atoms with van der Waals surface area (Å²) in [6.45, 7) is 3.11. The van der Waals surface area contributed by atoms with E-state index in [1.807, 2.05) is 18.2 Å². The van der Waals surface area contributed by atoms with Crippen molar-refractivity contribution in [3.05, 3.63) is 52.6 Å². The first kappa shape index (κ1) is 22.9. The van der Waals surface area contributed by atoms with E-state index < -0.39 is 18.1 Å². The summed E-state index contributed by atoms with van der Waals surface area (Å²) >= 11 is 0. The van der Waals surface area contributed by atoms with Gasteiger partial charge in [0.1, 0.15) is 28.9 Å². The summed E-state index contributed by atoms with van der Waals surface area (Å²) in [6.07, 6.45) is 1.42. The minimum Gasteiger partial charge on any atom is -0.507 e. The number of hydrogen-bond donors (Lipinski definition) is 1. The molecule has 2 aliphatic heterocycles. The van der Waals surface area contributed by atoms with Crippen LogP contribution in [0.3, 0.4) is 0 Å². The van der Waals surface area contributed by atoms with Crippen LogP contribution >= 0.6 is 0 Å². The summed E-state index contributed by atoms with van der Waals surface area (Å²) in [5.41, 5.74) is 1.58. The standard InChI is InChI=1S/C26H30F2N2O4/c1-29-8-6-20(7-9-29)34-21-5-4-17-13-30(14-19(17)10-21)26(32)24-22(31)11-18(25(27)28)12-23(24)33-15-16-2-3-16/h4-5,10-12,16,20,25,31H,2-3,6-9,13-15H2,1H3. The van der Waals surface area contributed by atoms with Gasteiger partial charge in [0.05, 0.1) is 6.61 Å². The molecular weight excluding hydrogens is 442 g/mol. The molecule has 2 aromatic rings. The van der Waals surface area contributed by atoms with Crippen molar-refractivity contribution in [3.63, 3.8) is 0 Å². The first-order valence-corrected chi connectivity index (χ1v) is 11.9. The van der Waals surface area contributed by atoms with Crippen molar-refractivity contribution in [2.24, 2.45) is 5.92 Å². The zero-order valence-electron chi connectivity index (χ0n) is 19.3. The van der Waals surface area contributed by atoms with Gasteiger partial charge >= 0.3 is 0 Å². The van der Waals surface area contributed by atoms with E-state index in [1.54, 1.807) is 4.90 Å². The number of halogens is 2. The number of carbonyl (C=O) groups is 1. The highest BCUT2D eigenvalue weighted by Crippen LogP contribution is 2.38. The van der Waals surface area contributed by atoms with Gasteiger partial charge in [-0.3, -0.25) is 4.79 Å². The maximum Gasteiger partial charge on any atom is 0.264 e. The van der Waals surface area contributed by atoms with Crippen LogP contribution in [0.4, 0.5) is 8.78 Å². The lowest BCUT2D eigenvalue weighted by molar-refractivity contribution is 0.0742. The fraction of sp³-hybridized carbons (Fsp3) is 0.500. The molecule has 34 heavy (non-hydrogen) atoms. The van der Waals surface area contributed by atoms with Gasteiger partial charge in [0.2, 0.25) is 0 Å². The molecule has 0 bridgehead atoms. The Kier molecular flexibility index (Phi) is 6.34. The minimum absolute atomic E-state index is 0.0226. The summed E-state index contributed by atoms with van der Waals surface area (Å²) in [6, 6.07) is 8.02. The fourth-order valence-electron chi connectivity index (χ4n) is 4.61. The molecule has 1 saturated carbocycles. The van der Waals surface area contributed by atoms with Crippen LogP contribution < -0.4 is 9.47 Å².